The molecule has 1 N–H and O–H groups in total. The van der Waals surface area contributed by atoms with E-state index in [-0.39, 0.29) is 5.60 Å². The molecule has 5 heteroatoms. The van der Waals surface area contributed by atoms with Crippen molar-refractivity contribution >= 4 is 17.9 Å². The van der Waals surface area contributed by atoms with Crippen molar-refractivity contribution in [2.75, 3.05) is 25.1 Å². The van der Waals surface area contributed by atoms with E-state index >= 15 is 0 Å². The molecule has 0 radical (unpaired) electrons. The van der Waals surface area contributed by atoms with Crippen molar-refractivity contribution in [2.24, 2.45) is 0 Å². The molecule has 5 nitrogen and oxygen atoms in total. The first-order valence-corrected chi connectivity index (χ1v) is 6.70. The van der Waals surface area contributed by atoms with Crippen molar-refractivity contribution < 1.29 is 14.6 Å². The molecule has 1 aromatic rings. The summed E-state index contributed by atoms with van der Waals surface area (Å²) in [6.45, 7) is 3.90. The molecular weight excluding hydrogens is 256 g/mol. The third-order valence-electron chi connectivity index (χ3n) is 3.66. The number of piperidine rings is 1. The summed E-state index contributed by atoms with van der Waals surface area (Å²) in [5.41, 5.74) is 0.657. The predicted molar refractivity (Wildman–Crippen MR) is 77.8 cm³/mol. The lowest BCUT2D eigenvalue weighted by Gasteiger charge is -2.40. The van der Waals surface area contributed by atoms with Gasteiger partial charge in [0.1, 0.15) is 5.82 Å². The summed E-state index contributed by atoms with van der Waals surface area (Å²) in [6.07, 6.45) is 6.47. The zero-order chi connectivity index (χ0) is 14.6. The molecule has 1 saturated heterocycles. The van der Waals surface area contributed by atoms with Crippen LogP contribution in [0.2, 0.25) is 0 Å². The van der Waals surface area contributed by atoms with Crippen LogP contribution < -0.4 is 4.90 Å². The molecule has 0 aliphatic carbocycles. The average Bonchev–Trinajstić information content (AvgIpc) is 2.46. The standard InChI is InChI=1S/C15H20N2O3/c1-15(20-2)8-3-9-17(11-15)13-6-4-12(10-16-13)5-7-14(18)19/h4-7,10H,3,8-9,11H2,1-2H3,(H,18,19)/b7-5+. The molecule has 108 valence electrons. The molecule has 0 aromatic carbocycles. The fraction of sp³-hybridized carbons (Fsp3) is 0.467. The Hall–Kier alpha value is -1.88. The molecule has 1 aromatic heterocycles. The number of methoxy groups -OCH3 is 1. The van der Waals surface area contributed by atoms with Gasteiger partial charge in [-0.1, -0.05) is 0 Å². The van der Waals surface area contributed by atoms with Crippen molar-refractivity contribution in [3.05, 3.63) is 30.0 Å². The SMILES string of the molecule is COC1(C)CCCN(c2ccc(/C=C/C(=O)O)cn2)C1. The van der Waals surface area contributed by atoms with Crippen LogP contribution in [0, 0.1) is 0 Å². The van der Waals surface area contributed by atoms with Crippen LogP contribution in [0.15, 0.2) is 24.4 Å². The molecule has 20 heavy (non-hydrogen) atoms. The van der Waals surface area contributed by atoms with Gasteiger partial charge in [-0.3, -0.25) is 0 Å². The Morgan fingerprint density at radius 1 is 1.55 bits per heavy atom. The van der Waals surface area contributed by atoms with Gasteiger partial charge >= 0.3 is 5.97 Å². The molecule has 0 saturated carbocycles. The van der Waals surface area contributed by atoms with E-state index in [1.807, 2.05) is 12.1 Å². The number of carbonyl (C=O) groups is 1. The number of carboxylic acid groups (broad SMARTS) is 1. The highest BCUT2D eigenvalue weighted by Gasteiger charge is 2.31. The molecule has 1 aliphatic heterocycles. The number of ether oxygens (including phenoxy) is 1. The molecule has 2 rings (SSSR count). The van der Waals surface area contributed by atoms with Crippen LogP contribution in [-0.2, 0) is 9.53 Å². The quantitative estimate of drug-likeness (QED) is 0.854. The Bertz CT molecular complexity index is 498. The second-order valence-electron chi connectivity index (χ2n) is 5.30. The Morgan fingerprint density at radius 2 is 2.35 bits per heavy atom. The first-order chi connectivity index (χ1) is 9.52. The maximum atomic E-state index is 10.5. The number of aliphatic carboxylic acids is 1. The van der Waals surface area contributed by atoms with Crippen LogP contribution in [-0.4, -0.2) is 41.9 Å². The van der Waals surface area contributed by atoms with Crippen LogP contribution in [0.5, 0.6) is 0 Å². The van der Waals surface area contributed by atoms with E-state index in [2.05, 4.69) is 16.8 Å². The summed E-state index contributed by atoms with van der Waals surface area (Å²) in [4.78, 5) is 17.1. The summed E-state index contributed by atoms with van der Waals surface area (Å²) in [5, 5.41) is 8.59. The first-order valence-electron chi connectivity index (χ1n) is 6.70. The summed E-state index contributed by atoms with van der Waals surface area (Å²) in [7, 11) is 1.75. The van der Waals surface area contributed by atoms with Crippen molar-refractivity contribution in [1.82, 2.24) is 4.98 Å². The number of rotatable bonds is 4. The molecule has 1 atom stereocenters. The van der Waals surface area contributed by atoms with Crippen LogP contribution in [0.25, 0.3) is 6.08 Å². The molecule has 0 spiro atoms. The van der Waals surface area contributed by atoms with Gasteiger partial charge in [0.05, 0.1) is 5.60 Å². The summed E-state index contributed by atoms with van der Waals surface area (Å²) in [6, 6.07) is 3.80. The number of pyridine rings is 1. The van der Waals surface area contributed by atoms with Gasteiger partial charge in [-0.05, 0) is 43.5 Å². The van der Waals surface area contributed by atoms with Gasteiger partial charge in [0, 0.05) is 32.5 Å². The van der Waals surface area contributed by atoms with Gasteiger partial charge in [0.15, 0.2) is 0 Å². The molecule has 0 amide bonds. The Balaban J connectivity index is 2.08. The predicted octanol–water partition coefficient (Wildman–Crippen LogP) is 2.18. The minimum atomic E-state index is -0.957. The van der Waals surface area contributed by atoms with Crippen molar-refractivity contribution in [3.63, 3.8) is 0 Å². The third kappa shape index (κ3) is 3.57. The van der Waals surface area contributed by atoms with E-state index in [1.165, 1.54) is 6.08 Å². The van der Waals surface area contributed by atoms with Crippen molar-refractivity contribution in [3.8, 4) is 0 Å². The molecule has 1 unspecified atom stereocenters. The van der Waals surface area contributed by atoms with Crippen LogP contribution in [0.4, 0.5) is 5.82 Å². The number of carboxylic acids is 1. The van der Waals surface area contributed by atoms with Crippen LogP contribution in [0.1, 0.15) is 25.3 Å². The molecule has 1 fully saturated rings. The van der Waals surface area contributed by atoms with Crippen LogP contribution >= 0.6 is 0 Å². The molecule has 0 bridgehead atoms. The topological polar surface area (TPSA) is 62.7 Å². The molecular formula is C15H20N2O3. The van der Waals surface area contributed by atoms with Crippen molar-refractivity contribution in [1.29, 1.82) is 0 Å². The maximum absolute atomic E-state index is 10.5. The number of aromatic nitrogens is 1. The Labute approximate surface area is 118 Å². The fourth-order valence-corrected chi connectivity index (χ4v) is 2.42. The normalized spacial score (nSPS) is 23.2. The van der Waals surface area contributed by atoms with Crippen LogP contribution in [0.3, 0.4) is 0 Å². The zero-order valence-electron chi connectivity index (χ0n) is 11.9. The van der Waals surface area contributed by atoms with E-state index in [9.17, 15) is 4.79 Å². The van der Waals surface area contributed by atoms with Gasteiger partial charge < -0.3 is 14.7 Å². The molecule has 1 aliphatic rings. The fourth-order valence-electron chi connectivity index (χ4n) is 2.42. The van der Waals surface area contributed by atoms with Gasteiger partial charge in [0.2, 0.25) is 0 Å². The van der Waals surface area contributed by atoms with E-state index in [1.54, 1.807) is 13.3 Å². The summed E-state index contributed by atoms with van der Waals surface area (Å²) < 4.78 is 5.57. The van der Waals surface area contributed by atoms with E-state index in [0.717, 1.165) is 43.4 Å². The summed E-state index contributed by atoms with van der Waals surface area (Å²) >= 11 is 0. The summed E-state index contributed by atoms with van der Waals surface area (Å²) in [5.74, 6) is -0.0542. The third-order valence-corrected chi connectivity index (χ3v) is 3.66. The highest BCUT2D eigenvalue weighted by molar-refractivity contribution is 5.85. The lowest BCUT2D eigenvalue weighted by atomic mass is 9.95. The zero-order valence-corrected chi connectivity index (χ0v) is 11.9. The second-order valence-corrected chi connectivity index (χ2v) is 5.30. The first kappa shape index (κ1) is 14.5. The number of hydrogen-bond acceptors (Lipinski definition) is 4. The smallest absolute Gasteiger partial charge is 0.328 e. The van der Waals surface area contributed by atoms with E-state index < -0.39 is 5.97 Å². The highest BCUT2D eigenvalue weighted by Crippen LogP contribution is 2.27. The average molecular weight is 276 g/mol. The van der Waals surface area contributed by atoms with Gasteiger partial charge in [-0.15, -0.1) is 0 Å². The number of hydrogen-bond donors (Lipinski definition) is 1. The Kier molecular flexibility index (Phi) is 4.39. The van der Waals surface area contributed by atoms with Gasteiger partial charge in [-0.25, -0.2) is 9.78 Å². The minimum absolute atomic E-state index is 0.123. The number of anilines is 1. The minimum Gasteiger partial charge on any atom is -0.478 e. The lowest BCUT2D eigenvalue weighted by molar-refractivity contribution is -0.131. The second kappa shape index (κ2) is 6.05. The maximum Gasteiger partial charge on any atom is 0.328 e. The lowest BCUT2D eigenvalue weighted by Crippen LogP contribution is -2.47. The largest absolute Gasteiger partial charge is 0.478 e. The number of nitrogens with zero attached hydrogens (tertiary/aromatic N) is 2. The monoisotopic (exact) mass is 276 g/mol. The molecule has 2 heterocycles. The van der Waals surface area contributed by atoms with Crippen molar-refractivity contribution in [2.45, 2.75) is 25.4 Å². The Morgan fingerprint density at radius 3 is 2.95 bits per heavy atom. The highest BCUT2D eigenvalue weighted by atomic mass is 16.5. The van der Waals surface area contributed by atoms with Gasteiger partial charge in [-0.2, -0.15) is 0 Å². The van der Waals surface area contributed by atoms with E-state index in [4.69, 9.17) is 9.84 Å². The van der Waals surface area contributed by atoms with E-state index in [0.29, 0.717) is 0 Å². The van der Waals surface area contributed by atoms with Gasteiger partial charge in [0.25, 0.3) is 0 Å².